The standard InChI is InChI=1S/C14H16N2O3/c1-18-10-2-3-13-11(8-10)12(14(17)15-13)9-16-4-6-19-7-5-16/h2-3,8-9H,4-7H2,1H3,(H,15,17)/b12-9+. The van der Waals surface area contributed by atoms with Crippen molar-refractivity contribution in [1.29, 1.82) is 0 Å². The fraction of sp³-hybridized carbons (Fsp3) is 0.357. The van der Waals surface area contributed by atoms with Gasteiger partial charge in [-0.1, -0.05) is 0 Å². The molecule has 0 unspecified atom stereocenters. The number of hydrogen-bond acceptors (Lipinski definition) is 4. The van der Waals surface area contributed by atoms with Crippen LogP contribution in [-0.2, 0) is 9.53 Å². The summed E-state index contributed by atoms with van der Waals surface area (Å²) >= 11 is 0. The smallest absolute Gasteiger partial charge is 0.257 e. The summed E-state index contributed by atoms with van der Waals surface area (Å²) < 4.78 is 10.5. The first kappa shape index (κ1) is 12.0. The van der Waals surface area contributed by atoms with Crippen LogP contribution in [0.5, 0.6) is 5.75 Å². The highest BCUT2D eigenvalue weighted by molar-refractivity contribution is 6.31. The highest BCUT2D eigenvalue weighted by Crippen LogP contribution is 2.34. The van der Waals surface area contributed by atoms with Gasteiger partial charge in [-0.3, -0.25) is 4.79 Å². The molecule has 2 heterocycles. The molecule has 2 aliphatic heterocycles. The highest BCUT2D eigenvalue weighted by Gasteiger charge is 2.25. The van der Waals surface area contributed by atoms with Crippen LogP contribution in [0.3, 0.4) is 0 Å². The van der Waals surface area contributed by atoms with Gasteiger partial charge in [0.2, 0.25) is 0 Å². The van der Waals surface area contributed by atoms with E-state index in [9.17, 15) is 4.79 Å². The number of methoxy groups -OCH3 is 1. The van der Waals surface area contributed by atoms with Crippen molar-refractivity contribution in [2.45, 2.75) is 0 Å². The average molecular weight is 260 g/mol. The second kappa shape index (κ2) is 4.93. The SMILES string of the molecule is COc1ccc2c(c1)/C(=C\N1CCOCC1)C(=O)N2. The van der Waals surface area contributed by atoms with Crippen LogP contribution in [0.4, 0.5) is 5.69 Å². The monoisotopic (exact) mass is 260 g/mol. The van der Waals surface area contributed by atoms with E-state index < -0.39 is 0 Å². The molecule has 1 aromatic carbocycles. The predicted molar refractivity (Wildman–Crippen MR) is 72.0 cm³/mol. The molecule has 0 aliphatic carbocycles. The molecule has 0 atom stereocenters. The van der Waals surface area contributed by atoms with Crippen LogP contribution in [-0.4, -0.2) is 44.2 Å². The summed E-state index contributed by atoms with van der Waals surface area (Å²) in [6.45, 7) is 3.04. The topological polar surface area (TPSA) is 50.8 Å². The van der Waals surface area contributed by atoms with Gasteiger partial charge in [0.1, 0.15) is 5.75 Å². The van der Waals surface area contributed by atoms with Gasteiger partial charge in [-0.2, -0.15) is 0 Å². The first-order valence-electron chi connectivity index (χ1n) is 6.31. The van der Waals surface area contributed by atoms with Crippen molar-refractivity contribution >= 4 is 17.2 Å². The number of hydrogen-bond donors (Lipinski definition) is 1. The van der Waals surface area contributed by atoms with E-state index in [0.717, 1.165) is 30.1 Å². The Labute approximate surface area is 111 Å². The number of benzene rings is 1. The molecule has 0 saturated carbocycles. The first-order chi connectivity index (χ1) is 9.28. The van der Waals surface area contributed by atoms with Crippen molar-refractivity contribution in [2.24, 2.45) is 0 Å². The van der Waals surface area contributed by atoms with Crippen molar-refractivity contribution in [3.05, 3.63) is 30.0 Å². The van der Waals surface area contributed by atoms with Crippen molar-refractivity contribution in [1.82, 2.24) is 4.90 Å². The summed E-state index contributed by atoms with van der Waals surface area (Å²) in [5, 5.41) is 2.87. The number of amides is 1. The van der Waals surface area contributed by atoms with Gasteiger partial charge in [-0.05, 0) is 18.2 Å². The van der Waals surface area contributed by atoms with Crippen molar-refractivity contribution in [3.63, 3.8) is 0 Å². The molecule has 1 N–H and O–H groups in total. The third kappa shape index (κ3) is 2.29. The molecule has 3 rings (SSSR count). The Kier molecular flexibility index (Phi) is 3.13. The lowest BCUT2D eigenvalue weighted by molar-refractivity contribution is -0.110. The Morgan fingerprint density at radius 3 is 2.89 bits per heavy atom. The molecule has 2 aliphatic rings. The molecule has 100 valence electrons. The lowest BCUT2D eigenvalue weighted by Gasteiger charge is -2.25. The van der Waals surface area contributed by atoms with Crippen LogP contribution >= 0.6 is 0 Å². The molecule has 1 saturated heterocycles. The number of nitrogens with zero attached hydrogens (tertiary/aromatic N) is 1. The minimum absolute atomic E-state index is 0.0604. The minimum Gasteiger partial charge on any atom is -0.497 e. The molecule has 19 heavy (non-hydrogen) atoms. The van der Waals surface area contributed by atoms with Gasteiger partial charge in [0, 0.05) is 30.5 Å². The lowest BCUT2D eigenvalue weighted by Crippen LogP contribution is -2.32. The fourth-order valence-electron chi connectivity index (χ4n) is 2.31. The van der Waals surface area contributed by atoms with Crippen LogP contribution in [0.15, 0.2) is 24.4 Å². The predicted octanol–water partition coefficient (Wildman–Crippen LogP) is 1.32. The summed E-state index contributed by atoms with van der Waals surface area (Å²) in [7, 11) is 1.62. The van der Waals surface area contributed by atoms with Crippen molar-refractivity contribution < 1.29 is 14.3 Å². The van der Waals surface area contributed by atoms with Gasteiger partial charge >= 0.3 is 0 Å². The molecule has 0 spiro atoms. The number of nitrogens with one attached hydrogen (secondary N) is 1. The van der Waals surface area contributed by atoms with E-state index in [0.29, 0.717) is 18.8 Å². The van der Waals surface area contributed by atoms with Gasteiger partial charge in [0.25, 0.3) is 5.91 Å². The van der Waals surface area contributed by atoms with Gasteiger partial charge in [-0.25, -0.2) is 0 Å². The third-order valence-electron chi connectivity index (χ3n) is 3.37. The molecule has 0 aromatic heterocycles. The average Bonchev–Trinajstić information content (AvgIpc) is 2.76. The number of carbonyl (C=O) groups excluding carboxylic acids is 1. The van der Waals surface area contributed by atoms with Gasteiger partial charge in [-0.15, -0.1) is 0 Å². The maximum atomic E-state index is 12.0. The molecule has 1 amide bonds. The molecule has 5 nitrogen and oxygen atoms in total. The normalized spacial score (nSPS) is 20.4. The summed E-state index contributed by atoms with van der Waals surface area (Å²) in [6, 6.07) is 5.60. The zero-order valence-electron chi connectivity index (χ0n) is 10.8. The Hall–Kier alpha value is -2.01. The van der Waals surface area contributed by atoms with Crippen molar-refractivity contribution in [3.8, 4) is 5.75 Å². The largest absolute Gasteiger partial charge is 0.497 e. The minimum atomic E-state index is -0.0604. The van der Waals surface area contributed by atoms with E-state index in [-0.39, 0.29) is 5.91 Å². The highest BCUT2D eigenvalue weighted by atomic mass is 16.5. The Morgan fingerprint density at radius 2 is 2.16 bits per heavy atom. The Morgan fingerprint density at radius 1 is 1.37 bits per heavy atom. The summed E-state index contributed by atoms with van der Waals surface area (Å²) in [5.41, 5.74) is 2.43. The summed E-state index contributed by atoms with van der Waals surface area (Å²) in [5.74, 6) is 0.692. The van der Waals surface area contributed by atoms with Crippen molar-refractivity contribution in [2.75, 3.05) is 38.7 Å². The maximum Gasteiger partial charge on any atom is 0.257 e. The third-order valence-corrected chi connectivity index (χ3v) is 3.37. The fourth-order valence-corrected chi connectivity index (χ4v) is 2.31. The lowest BCUT2D eigenvalue weighted by atomic mass is 10.1. The van der Waals surface area contributed by atoms with E-state index in [4.69, 9.17) is 9.47 Å². The van der Waals surface area contributed by atoms with E-state index in [1.807, 2.05) is 24.4 Å². The van der Waals surface area contributed by atoms with E-state index in [2.05, 4.69) is 10.2 Å². The van der Waals surface area contributed by atoms with E-state index in [1.54, 1.807) is 7.11 Å². The zero-order chi connectivity index (χ0) is 13.2. The number of ether oxygens (including phenoxy) is 2. The maximum absolute atomic E-state index is 12.0. The van der Waals surface area contributed by atoms with E-state index >= 15 is 0 Å². The number of rotatable bonds is 2. The Balaban J connectivity index is 1.94. The molecule has 0 bridgehead atoms. The summed E-state index contributed by atoms with van der Waals surface area (Å²) in [6.07, 6.45) is 1.92. The second-order valence-electron chi connectivity index (χ2n) is 4.56. The zero-order valence-corrected chi connectivity index (χ0v) is 10.8. The quantitative estimate of drug-likeness (QED) is 0.815. The van der Waals surface area contributed by atoms with Gasteiger partial charge < -0.3 is 19.7 Å². The van der Waals surface area contributed by atoms with Crippen LogP contribution in [0.25, 0.3) is 5.57 Å². The van der Waals surface area contributed by atoms with Gasteiger partial charge in [0.05, 0.1) is 25.9 Å². The van der Waals surface area contributed by atoms with E-state index in [1.165, 1.54) is 0 Å². The molecule has 5 heteroatoms. The first-order valence-corrected chi connectivity index (χ1v) is 6.31. The van der Waals surface area contributed by atoms with Crippen LogP contribution in [0.2, 0.25) is 0 Å². The molecular weight excluding hydrogens is 244 g/mol. The summed E-state index contributed by atoms with van der Waals surface area (Å²) in [4.78, 5) is 14.1. The number of anilines is 1. The number of fused-ring (bicyclic) bond motifs is 1. The Bertz CT molecular complexity index is 533. The van der Waals surface area contributed by atoms with Crippen LogP contribution in [0, 0.1) is 0 Å². The van der Waals surface area contributed by atoms with Crippen LogP contribution in [0.1, 0.15) is 5.56 Å². The molecule has 1 fully saturated rings. The number of morpholine rings is 1. The molecular formula is C14H16N2O3. The second-order valence-corrected chi connectivity index (χ2v) is 4.56. The number of carbonyl (C=O) groups is 1. The molecule has 0 radical (unpaired) electrons. The van der Waals surface area contributed by atoms with Crippen LogP contribution < -0.4 is 10.1 Å². The van der Waals surface area contributed by atoms with Gasteiger partial charge in [0.15, 0.2) is 0 Å². The molecule has 1 aromatic rings.